The molecule has 0 N–H and O–H groups in total. The maximum Gasteiger partial charge on any atom is 0.0591 e. The van der Waals surface area contributed by atoms with Crippen LogP contribution in [0.1, 0.15) is 6.42 Å². The second-order valence-electron chi connectivity index (χ2n) is 1.66. The van der Waals surface area contributed by atoms with Crippen LogP contribution in [0.2, 0.25) is 0 Å². The third-order valence-corrected chi connectivity index (χ3v) is 1.59. The zero-order valence-corrected chi connectivity index (χ0v) is 5.65. The molecule has 1 saturated heterocycles. The van der Waals surface area contributed by atoms with Crippen molar-refractivity contribution >= 4 is 15.9 Å². The summed E-state index contributed by atoms with van der Waals surface area (Å²) in [6.07, 6.45) is 3.29. The predicted molar refractivity (Wildman–Crippen MR) is 32.5 cm³/mol. The van der Waals surface area contributed by atoms with E-state index < -0.39 is 0 Å². The van der Waals surface area contributed by atoms with Crippen LogP contribution >= 0.6 is 15.9 Å². The number of hydrogen-bond donors (Lipinski definition) is 0. The molecule has 1 heterocycles. The number of alkyl halides is 1. The Balaban J connectivity index is 2.12. The van der Waals surface area contributed by atoms with Gasteiger partial charge in [0.15, 0.2) is 0 Å². The number of ether oxygens (including phenoxy) is 1. The van der Waals surface area contributed by atoms with E-state index in [4.69, 9.17) is 4.74 Å². The van der Waals surface area contributed by atoms with E-state index in [0.717, 1.165) is 19.6 Å². The molecule has 1 aliphatic heterocycles. The summed E-state index contributed by atoms with van der Waals surface area (Å²) in [5, 5.41) is 0. The third-order valence-electron chi connectivity index (χ3n) is 0.957. The Bertz CT molecular complexity index is 50.0. The molecule has 0 aliphatic carbocycles. The van der Waals surface area contributed by atoms with E-state index in [-0.39, 0.29) is 0 Å². The van der Waals surface area contributed by atoms with Crippen molar-refractivity contribution in [2.45, 2.75) is 11.2 Å². The van der Waals surface area contributed by atoms with E-state index in [1.165, 1.54) is 0 Å². The van der Waals surface area contributed by atoms with Crippen molar-refractivity contribution < 1.29 is 4.74 Å². The van der Waals surface area contributed by atoms with Crippen molar-refractivity contribution in [3.05, 3.63) is 6.42 Å². The van der Waals surface area contributed by atoms with Gasteiger partial charge < -0.3 is 4.74 Å². The summed E-state index contributed by atoms with van der Waals surface area (Å²) in [6, 6.07) is 0. The van der Waals surface area contributed by atoms with Gasteiger partial charge in [-0.05, 0) is 12.8 Å². The Morgan fingerprint density at radius 1 is 1.71 bits per heavy atom. The topological polar surface area (TPSA) is 9.23 Å². The van der Waals surface area contributed by atoms with E-state index in [9.17, 15) is 0 Å². The van der Waals surface area contributed by atoms with E-state index in [0.29, 0.717) is 4.83 Å². The summed E-state index contributed by atoms with van der Waals surface area (Å²) in [4.78, 5) is 0.571. The lowest BCUT2D eigenvalue weighted by molar-refractivity contribution is 0.133. The number of hydrogen-bond acceptors (Lipinski definition) is 1. The zero-order valence-electron chi connectivity index (χ0n) is 4.06. The van der Waals surface area contributed by atoms with Gasteiger partial charge in [0, 0.05) is 11.4 Å². The molecule has 0 amide bonds. The first-order valence-corrected chi connectivity index (χ1v) is 3.34. The fraction of sp³-hybridized carbons (Fsp3) is 0.800. The van der Waals surface area contributed by atoms with Crippen LogP contribution in [-0.4, -0.2) is 18.0 Å². The number of rotatable bonds is 0. The predicted octanol–water partition coefficient (Wildman–Crippen LogP) is 1.37. The normalized spacial score (nSPS) is 33.0. The maximum absolute atomic E-state index is 5.08. The fourth-order valence-electron chi connectivity index (χ4n) is 0.596. The summed E-state index contributed by atoms with van der Waals surface area (Å²) in [5.41, 5.74) is 0. The van der Waals surface area contributed by atoms with Crippen molar-refractivity contribution in [3.8, 4) is 0 Å². The molecule has 0 aromatic heterocycles. The van der Waals surface area contributed by atoms with Gasteiger partial charge >= 0.3 is 0 Å². The third kappa shape index (κ3) is 1.78. The molecule has 0 aromatic rings. The van der Waals surface area contributed by atoms with Crippen molar-refractivity contribution in [2.24, 2.45) is 0 Å². The van der Waals surface area contributed by atoms with Gasteiger partial charge in [-0.25, -0.2) is 0 Å². The van der Waals surface area contributed by atoms with E-state index >= 15 is 0 Å². The van der Waals surface area contributed by atoms with Crippen LogP contribution in [0.4, 0.5) is 0 Å². The molecule has 7 heavy (non-hydrogen) atoms. The van der Waals surface area contributed by atoms with Crippen molar-refractivity contribution in [3.63, 3.8) is 0 Å². The fourth-order valence-corrected chi connectivity index (χ4v) is 1.05. The lowest BCUT2D eigenvalue weighted by Gasteiger charge is -2.14. The summed E-state index contributed by atoms with van der Waals surface area (Å²) in [7, 11) is 0. The van der Waals surface area contributed by atoms with Gasteiger partial charge in [0.25, 0.3) is 0 Å². The summed E-state index contributed by atoms with van der Waals surface area (Å²) < 4.78 is 5.08. The van der Waals surface area contributed by atoms with Gasteiger partial charge in [0.05, 0.1) is 6.61 Å². The molecule has 41 valence electrons. The lowest BCUT2D eigenvalue weighted by atomic mass is 10.2. The molecule has 1 rings (SSSR count). The average molecular weight is 164 g/mol. The summed E-state index contributed by atoms with van der Waals surface area (Å²) in [6.45, 7) is 1.71. The van der Waals surface area contributed by atoms with E-state index in [2.05, 4.69) is 22.4 Å². The standard InChI is InChI=1S/C5H8BrO/c6-5-2-1-3-7-4-5/h1,5H,2-4H2. The minimum Gasteiger partial charge on any atom is -0.380 e. The highest BCUT2D eigenvalue weighted by Crippen LogP contribution is 2.12. The van der Waals surface area contributed by atoms with E-state index in [1.807, 2.05) is 0 Å². The van der Waals surface area contributed by atoms with Gasteiger partial charge in [-0.15, -0.1) is 0 Å². The zero-order chi connectivity index (χ0) is 5.11. The van der Waals surface area contributed by atoms with Crippen LogP contribution in [0.3, 0.4) is 0 Å². The molecule has 0 bridgehead atoms. The average Bonchev–Trinajstić information content (AvgIpc) is 1.69. The van der Waals surface area contributed by atoms with Gasteiger partial charge in [-0.2, -0.15) is 0 Å². The second-order valence-corrected chi connectivity index (χ2v) is 2.95. The lowest BCUT2D eigenvalue weighted by Crippen LogP contribution is -2.16. The van der Waals surface area contributed by atoms with Crippen LogP contribution in [0.25, 0.3) is 0 Å². The monoisotopic (exact) mass is 163 g/mol. The first-order valence-electron chi connectivity index (χ1n) is 2.43. The second kappa shape index (κ2) is 2.68. The van der Waals surface area contributed by atoms with Crippen LogP contribution in [0.15, 0.2) is 0 Å². The smallest absolute Gasteiger partial charge is 0.0591 e. The minimum atomic E-state index is 0.571. The molecule has 0 spiro atoms. The van der Waals surface area contributed by atoms with Crippen molar-refractivity contribution in [1.82, 2.24) is 0 Å². The van der Waals surface area contributed by atoms with Crippen LogP contribution in [0, 0.1) is 6.42 Å². The van der Waals surface area contributed by atoms with Crippen LogP contribution in [0.5, 0.6) is 0 Å². The van der Waals surface area contributed by atoms with Crippen LogP contribution in [-0.2, 0) is 4.74 Å². The van der Waals surface area contributed by atoms with Crippen molar-refractivity contribution in [2.75, 3.05) is 13.2 Å². The maximum atomic E-state index is 5.08. The Labute approximate surface area is 52.2 Å². The summed E-state index contributed by atoms with van der Waals surface area (Å²) in [5.74, 6) is 0. The van der Waals surface area contributed by atoms with Gasteiger partial charge in [-0.3, -0.25) is 0 Å². The van der Waals surface area contributed by atoms with Crippen molar-refractivity contribution in [1.29, 1.82) is 0 Å². The molecule has 1 fully saturated rings. The Morgan fingerprint density at radius 2 is 2.57 bits per heavy atom. The molecule has 0 saturated carbocycles. The SMILES string of the molecule is BrC1C[CH]COC1. The molecule has 1 radical (unpaired) electrons. The molecule has 1 atom stereocenters. The highest BCUT2D eigenvalue weighted by atomic mass is 79.9. The Morgan fingerprint density at radius 3 is 2.86 bits per heavy atom. The molecule has 1 aliphatic rings. The highest BCUT2D eigenvalue weighted by molar-refractivity contribution is 9.09. The minimum absolute atomic E-state index is 0.571. The molecule has 1 nitrogen and oxygen atoms in total. The summed E-state index contributed by atoms with van der Waals surface area (Å²) >= 11 is 3.43. The first-order chi connectivity index (χ1) is 3.39. The van der Waals surface area contributed by atoms with Gasteiger partial charge in [0.2, 0.25) is 0 Å². The molecule has 1 unspecified atom stereocenters. The van der Waals surface area contributed by atoms with Gasteiger partial charge in [0.1, 0.15) is 0 Å². The number of halogens is 1. The Hall–Kier alpha value is 0.440. The highest BCUT2D eigenvalue weighted by Gasteiger charge is 2.08. The van der Waals surface area contributed by atoms with Gasteiger partial charge in [-0.1, -0.05) is 15.9 Å². The van der Waals surface area contributed by atoms with E-state index in [1.54, 1.807) is 0 Å². The largest absolute Gasteiger partial charge is 0.380 e. The molecule has 2 heteroatoms. The quantitative estimate of drug-likeness (QED) is 0.491. The molecular formula is C5H8BrO. The molecule has 0 aromatic carbocycles. The molecular weight excluding hydrogens is 156 g/mol. The Kier molecular flexibility index (Phi) is 2.13. The van der Waals surface area contributed by atoms with Crippen LogP contribution < -0.4 is 0 Å². The first kappa shape index (κ1) is 5.57.